The Labute approximate surface area is 60.4 Å². The number of amides is 1. The molecule has 0 aromatic heterocycles. The highest BCUT2D eigenvalue weighted by Crippen LogP contribution is 1.80. The molecule has 54 valence electrons. The molecule has 0 aromatic carbocycles. The highest BCUT2D eigenvalue weighted by atomic mass is 16.2. The van der Waals surface area contributed by atoms with Gasteiger partial charge in [0.05, 0.1) is 6.21 Å². The Hall–Kier alpha value is -1.38. The standard InChI is InChI=1S/C7H10N2O/c1-4-8-6-7(10)9(3)5-2/h4-6H,1-2H2,3H3/b8-6-. The summed E-state index contributed by atoms with van der Waals surface area (Å²) in [5, 5.41) is 0. The molecule has 0 bridgehead atoms. The first-order valence-corrected chi connectivity index (χ1v) is 2.75. The molecule has 0 aromatic rings. The minimum atomic E-state index is -0.213. The molecule has 0 fully saturated rings. The highest BCUT2D eigenvalue weighted by Gasteiger charge is 1.97. The minimum absolute atomic E-state index is 0.213. The number of nitrogens with zero attached hydrogens (tertiary/aromatic N) is 2. The molecule has 0 aliphatic rings. The third-order valence-electron chi connectivity index (χ3n) is 0.912. The maximum absolute atomic E-state index is 10.8. The molecule has 0 aliphatic carbocycles. The van der Waals surface area contributed by atoms with Crippen LogP contribution in [0.4, 0.5) is 0 Å². The third-order valence-corrected chi connectivity index (χ3v) is 0.912. The normalized spacial score (nSPS) is 9.30. The summed E-state index contributed by atoms with van der Waals surface area (Å²) in [4.78, 5) is 15.7. The van der Waals surface area contributed by atoms with Gasteiger partial charge in [-0.3, -0.25) is 9.79 Å². The van der Waals surface area contributed by atoms with Crippen molar-refractivity contribution in [1.82, 2.24) is 4.90 Å². The van der Waals surface area contributed by atoms with Crippen molar-refractivity contribution in [3.05, 3.63) is 25.6 Å². The van der Waals surface area contributed by atoms with Gasteiger partial charge in [0.15, 0.2) is 0 Å². The van der Waals surface area contributed by atoms with Crippen LogP contribution in [0.15, 0.2) is 30.6 Å². The van der Waals surface area contributed by atoms with Gasteiger partial charge in [-0.25, -0.2) is 0 Å². The fourth-order valence-electron chi connectivity index (χ4n) is 0.298. The fourth-order valence-corrected chi connectivity index (χ4v) is 0.298. The Balaban J connectivity index is 3.95. The van der Waals surface area contributed by atoms with E-state index in [1.807, 2.05) is 0 Å². The SMILES string of the molecule is C=C/N=C\C(=O)N(C)C=C. The van der Waals surface area contributed by atoms with E-state index in [2.05, 4.69) is 18.2 Å². The molecule has 0 saturated heterocycles. The molecular weight excluding hydrogens is 128 g/mol. The van der Waals surface area contributed by atoms with E-state index in [1.165, 1.54) is 23.5 Å². The molecule has 1 amide bonds. The molecule has 3 heteroatoms. The quantitative estimate of drug-likeness (QED) is 0.531. The van der Waals surface area contributed by atoms with Gasteiger partial charge in [-0.05, 0) is 6.20 Å². The summed E-state index contributed by atoms with van der Waals surface area (Å²) >= 11 is 0. The molecule has 0 spiro atoms. The maximum atomic E-state index is 10.8. The average Bonchev–Trinajstić information content (AvgIpc) is 1.98. The summed E-state index contributed by atoms with van der Waals surface area (Å²) in [5.41, 5.74) is 0. The lowest BCUT2D eigenvalue weighted by atomic mass is 10.6. The number of aliphatic imine (C=N–C) groups is 1. The monoisotopic (exact) mass is 138 g/mol. The number of rotatable bonds is 3. The van der Waals surface area contributed by atoms with E-state index in [9.17, 15) is 4.79 Å². The first-order valence-electron chi connectivity index (χ1n) is 2.75. The molecule has 0 aliphatic heterocycles. The van der Waals surface area contributed by atoms with Crippen LogP contribution in [0.2, 0.25) is 0 Å². The zero-order valence-electron chi connectivity index (χ0n) is 5.95. The van der Waals surface area contributed by atoms with E-state index < -0.39 is 0 Å². The van der Waals surface area contributed by atoms with Crippen LogP contribution in [0.25, 0.3) is 0 Å². The van der Waals surface area contributed by atoms with Crippen molar-refractivity contribution in [1.29, 1.82) is 0 Å². The van der Waals surface area contributed by atoms with E-state index in [4.69, 9.17) is 0 Å². The second-order valence-corrected chi connectivity index (χ2v) is 1.59. The van der Waals surface area contributed by atoms with Crippen LogP contribution in [0, 0.1) is 0 Å². The van der Waals surface area contributed by atoms with Gasteiger partial charge >= 0.3 is 0 Å². The summed E-state index contributed by atoms with van der Waals surface area (Å²) in [6, 6.07) is 0. The zero-order chi connectivity index (χ0) is 7.98. The topological polar surface area (TPSA) is 32.7 Å². The number of hydrogen-bond acceptors (Lipinski definition) is 2. The molecule has 0 saturated carbocycles. The fraction of sp³-hybridized carbons (Fsp3) is 0.143. The second-order valence-electron chi connectivity index (χ2n) is 1.59. The highest BCUT2D eigenvalue weighted by molar-refractivity contribution is 6.26. The van der Waals surface area contributed by atoms with Gasteiger partial charge < -0.3 is 4.90 Å². The summed E-state index contributed by atoms with van der Waals surface area (Å²) in [6.07, 6.45) is 3.89. The smallest absolute Gasteiger partial charge is 0.268 e. The Morgan fingerprint density at radius 1 is 1.60 bits per heavy atom. The van der Waals surface area contributed by atoms with E-state index in [0.29, 0.717) is 0 Å². The Bertz CT molecular complexity index is 172. The lowest BCUT2D eigenvalue weighted by Crippen LogP contribution is -2.20. The third kappa shape index (κ3) is 2.81. The summed E-state index contributed by atoms with van der Waals surface area (Å²) < 4.78 is 0. The first kappa shape index (κ1) is 8.62. The molecule has 0 atom stereocenters. The summed E-state index contributed by atoms with van der Waals surface area (Å²) in [6.45, 7) is 6.73. The van der Waals surface area contributed by atoms with Gasteiger partial charge in [-0.15, -0.1) is 0 Å². The Morgan fingerprint density at radius 3 is 2.60 bits per heavy atom. The second kappa shape index (κ2) is 4.49. The Morgan fingerprint density at radius 2 is 2.20 bits per heavy atom. The molecule has 0 unspecified atom stereocenters. The number of carbonyl (C=O) groups excluding carboxylic acids is 1. The van der Waals surface area contributed by atoms with Crippen LogP contribution in [0.1, 0.15) is 0 Å². The van der Waals surface area contributed by atoms with Crippen molar-refractivity contribution in [3.63, 3.8) is 0 Å². The summed E-state index contributed by atoms with van der Waals surface area (Å²) in [7, 11) is 1.60. The van der Waals surface area contributed by atoms with Gasteiger partial charge in [0, 0.05) is 13.2 Å². The van der Waals surface area contributed by atoms with Crippen molar-refractivity contribution in [2.75, 3.05) is 7.05 Å². The largest absolute Gasteiger partial charge is 0.318 e. The molecule has 0 heterocycles. The van der Waals surface area contributed by atoms with Crippen molar-refractivity contribution < 1.29 is 4.79 Å². The van der Waals surface area contributed by atoms with Crippen LogP contribution in [-0.4, -0.2) is 24.1 Å². The predicted molar refractivity (Wildman–Crippen MR) is 41.7 cm³/mol. The zero-order valence-corrected chi connectivity index (χ0v) is 5.95. The van der Waals surface area contributed by atoms with Crippen LogP contribution in [0.3, 0.4) is 0 Å². The predicted octanol–water partition coefficient (Wildman–Crippen LogP) is 0.803. The van der Waals surface area contributed by atoms with Crippen LogP contribution in [-0.2, 0) is 4.79 Å². The first-order chi connectivity index (χ1) is 4.72. The van der Waals surface area contributed by atoms with E-state index in [-0.39, 0.29) is 5.91 Å². The van der Waals surface area contributed by atoms with Gasteiger partial charge in [0.1, 0.15) is 0 Å². The van der Waals surface area contributed by atoms with Crippen LogP contribution < -0.4 is 0 Å². The van der Waals surface area contributed by atoms with Crippen molar-refractivity contribution in [2.45, 2.75) is 0 Å². The molecule has 0 rings (SSSR count). The van der Waals surface area contributed by atoms with E-state index in [0.717, 1.165) is 0 Å². The van der Waals surface area contributed by atoms with Crippen molar-refractivity contribution >= 4 is 12.1 Å². The van der Waals surface area contributed by atoms with Gasteiger partial charge in [0.25, 0.3) is 5.91 Å². The van der Waals surface area contributed by atoms with Crippen LogP contribution >= 0.6 is 0 Å². The molecule has 3 nitrogen and oxygen atoms in total. The average molecular weight is 138 g/mol. The summed E-state index contributed by atoms with van der Waals surface area (Å²) in [5.74, 6) is -0.213. The molecule has 0 radical (unpaired) electrons. The number of hydrogen-bond donors (Lipinski definition) is 0. The van der Waals surface area contributed by atoms with Gasteiger partial charge in [0.2, 0.25) is 0 Å². The molecular formula is C7H10N2O. The Kier molecular flexibility index (Phi) is 3.87. The lowest BCUT2D eigenvalue weighted by Gasteiger charge is -2.05. The lowest BCUT2D eigenvalue weighted by molar-refractivity contribution is -0.120. The van der Waals surface area contributed by atoms with Crippen molar-refractivity contribution in [2.24, 2.45) is 4.99 Å². The van der Waals surface area contributed by atoms with Gasteiger partial charge in [-0.2, -0.15) is 0 Å². The minimum Gasteiger partial charge on any atom is -0.318 e. The van der Waals surface area contributed by atoms with Gasteiger partial charge in [-0.1, -0.05) is 13.2 Å². The maximum Gasteiger partial charge on any atom is 0.268 e. The molecule has 10 heavy (non-hydrogen) atoms. The van der Waals surface area contributed by atoms with Crippen LogP contribution in [0.5, 0.6) is 0 Å². The number of carbonyl (C=O) groups is 1. The van der Waals surface area contributed by atoms with Crippen molar-refractivity contribution in [3.8, 4) is 0 Å². The van der Waals surface area contributed by atoms with E-state index >= 15 is 0 Å². The van der Waals surface area contributed by atoms with E-state index in [1.54, 1.807) is 7.05 Å². The molecule has 0 N–H and O–H groups in total.